The lowest BCUT2D eigenvalue weighted by Gasteiger charge is -2.02. The Balaban J connectivity index is 2.08. The smallest absolute Gasteiger partial charge is 0.305 e. The van der Waals surface area contributed by atoms with Crippen LogP contribution in [0.5, 0.6) is 0 Å². The summed E-state index contributed by atoms with van der Waals surface area (Å²) in [6, 6.07) is 0. The summed E-state index contributed by atoms with van der Waals surface area (Å²) in [4.78, 5) is 26.1. The molecule has 0 aliphatic carbocycles. The maximum atomic E-state index is 11.5. The van der Waals surface area contributed by atoms with Gasteiger partial charge in [-0.05, 0) is 12.8 Å². The van der Waals surface area contributed by atoms with Crippen molar-refractivity contribution in [2.45, 2.75) is 32.6 Å². The Hall–Kier alpha value is -1.92. The van der Waals surface area contributed by atoms with Gasteiger partial charge in [0.2, 0.25) is 5.89 Å². The average Bonchev–Trinajstić information content (AvgIpc) is 2.79. The quantitative estimate of drug-likeness (QED) is 0.573. The second kappa shape index (κ2) is 7.41. The topological polar surface area (TPSA) is 94.3 Å². The van der Waals surface area contributed by atoms with Crippen molar-refractivity contribution in [3.8, 4) is 0 Å². The Kier molecular flexibility index (Phi) is 5.83. The van der Waals surface area contributed by atoms with Crippen LogP contribution < -0.4 is 5.32 Å². The molecule has 1 N–H and O–H groups in total. The zero-order valence-corrected chi connectivity index (χ0v) is 10.6. The molecular formula is C11H17N3O4. The van der Waals surface area contributed by atoms with E-state index < -0.39 is 0 Å². The van der Waals surface area contributed by atoms with E-state index >= 15 is 0 Å². The van der Waals surface area contributed by atoms with Gasteiger partial charge in [-0.3, -0.25) is 9.59 Å². The van der Waals surface area contributed by atoms with E-state index in [2.05, 4.69) is 20.2 Å². The number of nitrogens with one attached hydrogen (secondary N) is 1. The lowest BCUT2D eigenvalue weighted by molar-refractivity contribution is -0.140. The van der Waals surface area contributed by atoms with Crippen molar-refractivity contribution in [2.75, 3.05) is 13.7 Å². The monoisotopic (exact) mass is 255 g/mol. The molecule has 1 rings (SSSR count). The van der Waals surface area contributed by atoms with Gasteiger partial charge in [0.15, 0.2) is 0 Å². The number of ether oxygens (including phenoxy) is 1. The van der Waals surface area contributed by atoms with E-state index in [0.717, 1.165) is 19.3 Å². The number of hydrogen-bond donors (Lipinski definition) is 1. The number of aromatic nitrogens is 2. The lowest BCUT2D eigenvalue weighted by Crippen LogP contribution is -2.25. The standard InChI is InChI=1S/C11H17N3O4/c1-8-13-10(14-18-8)11(16)12-7-5-3-4-6-9(15)17-2/h3-7H2,1-2H3,(H,12,16). The Labute approximate surface area is 105 Å². The van der Waals surface area contributed by atoms with Gasteiger partial charge < -0.3 is 14.6 Å². The van der Waals surface area contributed by atoms with Crippen LogP contribution >= 0.6 is 0 Å². The highest BCUT2D eigenvalue weighted by molar-refractivity contribution is 5.90. The number of carbonyl (C=O) groups excluding carboxylic acids is 2. The molecule has 1 aromatic heterocycles. The van der Waals surface area contributed by atoms with Gasteiger partial charge in [0.1, 0.15) is 0 Å². The number of carbonyl (C=O) groups is 2. The summed E-state index contributed by atoms with van der Waals surface area (Å²) in [5.41, 5.74) is 0. The van der Waals surface area contributed by atoms with Crippen LogP contribution in [0.2, 0.25) is 0 Å². The highest BCUT2D eigenvalue weighted by Crippen LogP contribution is 2.00. The third-order valence-corrected chi connectivity index (χ3v) is 2.30. The van der Waals surface area contributed by atoms with Crippen LogP contribution in [0.25, 0.3) is 0 Å². The summed E-state index contributed by atoms with van der Waals surface area (Å²) >= 11 is 0. The fourth-order valence-electron chi connectivity index (χ4n) is 1.35. The van der Waals surface area contributed by atoms with E-state index in [9.17, 15) is 9.59 Å². The summed E-state index contributed by atoms with van der Waals surface area (Å²) in [6.45, 7) is 2.14. The minimum absolute atomic E-state index is 0.0436. The van der Waals surface area contributed by atoms with Gasteiger partial charge >= 0.3 is 5.97 Å². The molecule has 0 fully saturated rings. The van der Waals surface area contributed by atoms with Gasteiger partial charge in [0.05, 0.1) is 7.11 Å². The third-order valence-electron chi connectivity index (χ3n) is 2.30. The largest absolute Gasteiger partial charge is 0.469 e. The number of rotatable bonds is 7. The first-order chi connectivity index (χ1) is 8.63. The van der Waals surface area contributed by atoms with Crippen molar-refractivity contribution in [1.82, 2.24) is 15.5 Å². The van der Waals surface area contributed by atoms with Crippen molar-refractivity contribution >= 4 is 11.9 Å². The Morgan fingerprint density at radius 1 is 1.33 bits per heavy atom. The SMILES string of the molecule is COC(=O)CCCCCNC(=O)c1noc(C)n1. The zero-order valence-electron chi connectivity index (χ0n) is 10.6. The molecule has 7 nitrogen and oxygen atoms in total. The number of amides is 1. The molecule has 0 aliphatic rings. The van der Waals surface area contributed by atoms with Gasteiger partial charge in [0.25, 0.3) is 11.7 Å². The first-order valence-electron chi connectivity index (χ1n) is 5.79. The molecule has 0 bridgehead atoms. The summed E-state index contributed by atoms with van der Waals surface area (Å²) in [7, 11) is 1.37. The zero-order chi connectivity index (χ0) is 13.4. The maximum Gasteiger partial charge on any atom is 0.305 e. The molecule has 0 atom stereocenters. The molecule has 0 aromatic carbocycles. The van der Waals surface area contributed by atoms with Crippen LogP contribution in [0, 0.1) is 6.92 Å². The molecular weight excluding hydrogens is 238 g/mol. The first kappa shape index (κ1) is 14.1. The van der Waals surface area contributed by atoms with Crippen molar-refractivity contribution in [1.29, 1.82) is 0 Å². The number of unbranched alkanes of at least 4 members (excludes halogenated alkanes) is 2. The average molecular weight is 255 g/mol. The van der Waals surface area contributed by atoms with Crippen LogP contribution in [0.15, 0.2) is 4.52 Å². The minimum atomic E-state index is -0.347. The number of esters is 1. The van der Waals surface area contributed by atoms with Crippen LogP contribution in [0.3, 0.4) is 0 Å². The maximum absolute atomic E-state index is 11.5. The molecule has 100 valence electrons. The fourth-order valence-corrected chi connectivity index (χ4v) is 1.35. The van der Waals surface area contributed by atoms with Crippen molar-refractivity contribution in [3.05, 3.63) is 11.7 Å². The van der Waals surface area contributed by atoms with Crippen LogP contribution in [-0.4, -0.2) is 35.7 Å². The highest BCUT2D eigenvalue weighted by atomic mass is 16.5. The van der Waals surface area contributed by atoms with Gasteiger partial charge in [0, 0.05) is 19.9 Å². The predicted molar refractivity (Wildman–Crippen MR) is 61.9 cm³/mol. The van der Waals surface area contributed by atoms with Crippen molar-refractivity contribution in [3.63, 3.8) is 0 Å². The molecule has 1 amide bonds. The van der Waals surface area contributed by atoms with Crippen LogP contribution in [-0.2, 0) is 9.53 Å². The van der Waals surface area contributed by atoms with Crippen molar-refractivity contribution in [2.24, 2.45) is 0 Å². The van der Waals surface area contributed by atoms with Gasteiger partial charge in [-0.15, -0.1) is 0 Å². The third kappa shape index (κ3) is 4.94. The van der Waals surface area contributed by atoms with E-state index in [0.29, 0.717) is 18.9 Å². The molecule has 1 heterocycles. The van der Waals surface area contributed by atoms with E-state index in [1.165, 1.54) is 7.11 Å². The summed E-state index contributed by atoms with van der Waals surface area (Å²) < 4.78 is 9.22. The molecule has 0 saturated heterocycles. The number of methoxy groups -OCH3 is 1. The lowest BCUT2D eigenvalue weighted by atomic mass is 10.2. The van der Waals surface area contributed by atoms with E-state index in [1.807, 2.05) is 0 Å². The predicted octanol–water partition coefficient (Wildman–Crippen LogP) is 0.841. The van der Waals surface area contributed by atoms with Crippen molar-refractivity contribution < 1.29 is 18.8 Å². The molecule has 0 spiro atoms. The number of hydrogen-bond acceptors (Lipinski definition) is 6. The second-order valence-corrected chi connectivity index (χ2v) is 3.78. The van der Waals surface area contributed by atoms with E-state index in [4.69, 9.17) is 4.52 Å². The molecule has 0 unspecified atom stereocenters. The van der Waals surface area contributed by atoms with Crippen LogP contribution in [0.1, 0.15) is 42.2 Å². The molecule has 1 aromatic rings. The Bertz CT molecular complexity index is 403. The highest BCUT2D eigenvalue weighted by Gasteiger charge is 2.11. The van der Waals surface area contributed by atoms with Gasteiger partial charge in [-0.1, -0.05) is 11.6 Å². The minimum Gasteiger partial charge on any atom is -0.469 e. The summed E-state index contributed by atoms with van der Waals surface area (Å²) in [6.07, 6.45) is 2.80. The van der Waals surface area contributed by atoms with Gasteiger partial charge in [-0.2, -0.15) is 4.98 Å². The first-order valence-corrected chi connectivity index (χ1v) is 5.79. The number of aryl methyl sites for hydroxylation is 1. The second-order valence-electron chi connectivity index (χ2n) is 3.78. The molecule has 7 heteroatoms. The van der Waals surface area contributed by atoms with E-state index in [-0.39, 0.29) is 17.7 Å². The fraction of sp³-hybridized carbons (Fsp3) is 0.636. The number of nitrogens with zero attached hydrogens (tertiary/aromatic N) is 2. The molecule has 18 heavy (non-hydrogen) atoms. The molecule has 0 saturated carbocycles. The molecule has 0 radical (unpaired) electrons. The van der Waals surface area contributed by atoms with E-state index in [1.54, 1.807) is 6.92 Å². The summed E-state index contributed by atoms with van der Waals surface area (Å²) in [5, 5.41) is 6.18. The Morgan fingerprint density at radius 2 is 2.11 bits per heavy atom. The summed E-state index contributed by atoms with van der Waals surface area (Å²) in [5.74, 6) is -0.151. The van der Waals surface area contributed by atoms with Crippen LogP contribution in [0.4, 0.5) is 0 Å². The normalized spacial score (nSPS) is 10.1. The molecule has 0 aliphatic heterocycles. The Morgan fingerprint density at radius 3 is 2.72 bits per heavy atom. The van der Waals surface area contributed by atoms with Gasteiger partial charge in [-0.25, -0.2) is 0 Å².